The lowest BCUT2D eigenvalue weighted by Crippen LogP contribution is -2.52. The van der Waals surface area contributed by atoms with Gasteiger partial charge in [-0.25, -0.2) is 0 Å². The molecule has 2 aliphatic rings. The van der Waals surface area contributed by atoms with Crippen LogP contribution in [0.1, 0.15) is 65.2 Å². The summed E-state index contributed by atoms with van der Waals surface area (Å²) in [5.74, 6) is 0.814. The first kappa shape index (κ1) is 16.3. The Balaban J connectivity index is 1.86. The molecule has 20 heavy (non-hydrogen) atoms. The van der Waals surface area contributed by atoms with Gasteiger partial charge in [-0.2, -0.15) is 0 Å². The highest BCUT2D eigenvalue weighted by molar-refractivity contribution is 4.91. The second-order valence-corrected chi connectivity index (χ2v) is 7.63. The predicted octanol–water partition coefficient (Wildman–Crippen LogP) is 2.69. The molecule has 1 saturated heterocycles. The van der Waals surface area contributed by atoms with Crippen molar-refractivity contribution in [2.45, 2.75) is 77.3 Å². The maximum atomic E-state index is 9.16. The highest BCUT2D eigenvalue weighted by Gasteiger charge is 2.33. The number of aliphatic hydroxyl groups is 1. The van der Waals surface area contributed by atoms with E-state index in [9.17, 15) is 0 Å². The molecule has 0 aromatic carbocycles. The summed E-state index contributed by atoms with van der Waals surface area (Å²) < 4.78 is 0. The van der Waals surface area contributed by atoms with Gasteiger partial charge in [0.2, 0.25) is 0 Å². The maximum absolute atomic E-state index is 9.16. The third-order valence-electron chi connectivity index (χ3n) is 5.32. The Hall–Kier alpha value is -0.120. The molecule has 118 valence electrons. The average Bonchev–Trinajstić information content (AvgIpc) is 2.46. The summed E-state index contributed by atoms with van der Waals surface area (Å²) in [5.41, 5.74) is 0.205. The van der Waals surface area contributed by atoms with Gasteiger partial charge in [-0.05, 0) is 50.0 Å². The molecule has 0 bridgehead atoms. The van der Waals surface area contributed by atoms with Gasteiger partial charge in [-0.3, -0.25) is 0 Å². The Bertz CT molecular complexity index is 274. The lowest BCUT2D eigenvalue weighted by Gasteiger charge is -2.41. The van der Waals surface area contributed by atoms with Crippen molar-refractivity contribution in [3.8, 4) is 0 Å². The molecule has 3 heteroatoms. The van der Waals surface area contributed by atoms with Gasteiger partial charge in [-0.15, -0.1) is 0 Å². The minimum Gasteiger partial charge on any atom is -0.396 e. The Morgan fingerprint density at radius 2 is 1.85 bits per heavy atom. The van der Waals surface area contributed by atoms with Crippen molar-refractivity contribution >= 4 is 0 Å². The molecular formula is C17H34N2O. The summed E-state index contributed by atoms with van der Waals surface area (Å²) in [5, 5.41) is 16.8. The van der Waals surface area contributed by atoms with E-state index in [1.807, 2.05) is 0 Å². The van der Waals surface area contributed by atoms with E-state index in [1.54, 1.807) is 0 Å². The van der Waals surface area contributed by atoms with Gasteiger partial charge < -0.3 is 15.7 Å². The summed E-state index contributed by atoms with van der Waals surface area (Å²) in [4.78, 5) is 0. The van der Waals surface area contributed by atoms with Crippen LogP contribution in [-0.4, -0.2) is 36.9 Å². The van der Waals surface area contributed by atoms with Crippen molar-refractivity contribution in [3.05, 3.63) is 0 Å². The molecule has 3 atom stereocenters. The minimum atomic E-state index is 0.205. The molecule has 3 unspecified atom stereocenters. The Labute approximate surface area is 124 Å². The van der Waals surface area contributed by atoms with Crippen molar-refractivity contribution in [1.29, 1.82) is 0 Å². The van der Waals surface area contributed by atoms with Gasteiger partial charge in [-0.1, -0.05) is 33.1 Å². The van der Waals surface area contributed by atoms with Gasteiger partial charge >= 0.3 is 0 Å². The molecular weight excluding hydrogens is 248 g/mol. The summed E-state index contributed by atoms with van der Waals surface area (Å²) in [6.45, 7) is 7.05. The molecule has 0 radical (unpaired) electrons. The van der Waals surface area contributed by atoms with E-state index in [1.165, 1.54) is 51.5 Å². The van der Waals surface area contributed by atoms with Crippen LogP contribution < -0.4 is 10.6 Å². The van der Waals surface area contributed by atoms with Crippen LogP contribution in [0.5, 0.6) is 0 Å². The van der Waals surface area contributed by atoms with Gasteiger partial charge in [0.15, 0.2) is 0 Å². The number of rotatable bonds is 6. The normalized spacial score (nSPS) is 32.2. The van der Waals surface area contributed by atoms with Crippen molar-refractivity contribution in [1.82, 2.24) is 10.6 Å². The van der Waals surface area contributed by atoms with Gasteiger partial charge in [0.05, 0.1) is 0 Å². The Morgan fingerprint density at radius 3 is 2.55 bits per heavy atom. The molecule has 3 N–H and O–H groups in total. The molecule has 3 nitrogen and oxygen atoms in total. The number of piperidine rings is 1. The SMILES string of the molecule is CC(C)(CCO)CNC1CCCCC1C1CCCCN1. The fourth-order valence-electron chi connectivity index (χ4n) is 3.94. The van der Waals surface area contributed by atoms with Crippen LogP contribution in [0.2, 0.25) is 0 Å². The standard InChI is InChI=1S/C17H34N2O/c1-17(2,10-12-20)13-19-16-8-4-3-7-14(16)15-9-5-6-11-18-15/h14-16,18-20H,3-13H2,1-2H3. The van der Waals surface area contributed by atoms with E-state index in [0.717, 1.165) is 24.9 Å². The second kappa shape index (κ2) is 7.77. The van der Waals surface area contributed by atoms with Crippen LogP contribution in [-0.2, 0) is 0 Å². The maximum Gasteiger partial charge on any atom is 0.0436 e. The molecule has 0 aromatic heterocycles. The first-order valence-electron chi connectivity index (χ1n) is 8.70. The number of nitrogens with one attached hydrogen (secondary N) is 2. The quantitative estimate of drug-likeness (QED) is 0.702. The second-order valence-electron chi connectivity index (χ2n) is 7.63. The third-order valence-corrected chi connectivity index (χ3v) is 5.32. The van der Waals surface area contributed by atoms with Crippen LogP contribution in [0.15, 0.2) is 0 Å². The number of hydrogen-bond acceptors (Lipinski definition) is 3. The lowest BCUT2D eigenvalue weighted by atomic mass is 9.76. The number of aliphatic hydroxyl groups excluding tert-OH is 1. The molecule has 0 amide bonds. The van der Waals surface area contributed by atoms with Gasteiger partial charge in [0, 0.05) is 25.2 Å². The van der Waals surface area contributed by atoms with Crippen LogP contribution >= 0.6 is 0 Å². The fraction of sp³-hybridized carbons (Fsp3) is 1.00. The first-order chi connectivity index (χ1) is 9.62. The van der Waals surface area contributed by atoms with Crippen molar-refractivity contribution < 1.29 is 5.11 Å². The summed E-state index contributed by atoms with van der Waals surface area (Å²) >= 11 is 0. The van der Waals surface area contributed by atoms with Crippen LogP contribution in [0.25, 0.3) is 0 Å². The topological polar surface area (TPSA) is 44.3 Å². The third kappa shape index (κ3) is 4.71. The van der Waals surface area contributed by atoms with Crippen LogP contribution in [0.3, 0.4) is 0 Å². The van der Waals surface area contributed by atoms with Crippen LogP contribution in [0.4, 0.5) is 0 Å². The molecule has 1 heterocycles. The molecule has 2 rings (SSSR count). The fourth-order valence-corrected chi connectivity index (χ4v) is 3.94. The molecule has 0 aromatic rings. The zero-order chi connectivity index (χ0) is 14.4. The Morgan fingerprint density at radius 1 is 1.10 bits per heavy atom. The molecule has 1 aliphatic carbocycles. The largest absolute Gasteiger partial charge is 0.396 e. The predicted molar refractivity (Wildman–Crippen MR) is 84.9 cm³/mol. The zero-order valence-electron chi connectivity index (χ0n) is 13.5. The molecule has 1 saturated carbocycles. The van der Waals surface area contributed by atoms with Gasteiger partial charge in [0.1, 0.15) is 0 Å². The van der Waals surface area contributed by atoms with Crippen molar-refractivity contribution in [2.75, 3.05) is 19.7 Å². The highest BCUT2D eigenvalue weighted by Crippen LogP contribution is 2.31. The van der Waals surface area contributed by atoms with E-state index >= 15 is 0 Å². The van der Waals surface area contributed by atoms with E-state index in [4.69, 9.17) is 5.11 Å². The zero-order valence-corrected chi connectivity index (χ0v) is 13.5. The smallest absolute Gasteiger partial charge is 0.0436 e. The molecule has 1 aliphatic heterocycles. The minimum absolute atomic E-state index is 0.205. The Kier molecular flexibility index (Phi) is 6.31. The lowest BCUT2D eigenvalue weighted by molar-refractivity contribution is 0.155. The first-order valence-corrected chi connectivity index (χ1v) is 8.70. The summed E-state index contributed by atoms with van der Waals surface area (Å²) in [6, 6.07) is 1.42. The van der Waals surface area contributed by atoms with E-state index < -0.39 is 0 Å². The van der Waals surface area contributed by atoms with E-state index in [-0.39, 0.29) is 5.41 Å². The van der Waals surface area contributed by atoms with Crippen molar-refractivity contribution in [2.24, 2.45) is 11.3 Å². The monoisotopic (exact) mass is 282 g/mol. The van der Waals surface area contributed by atoms with Gasteiger partial charge in [0.25, 0.3) is 0 Å². The van der Waals surface area contributed by atoms with E-state index in [2.05, 4.69) is 24.5 Å². The summed E-state index contributed by atoms with van der Waals surface area (Å²) in [6.07, 6.45) is 10.5. The van der Waals surface area contributed by atoms with Crippen LogP contribution in [0, 0.1) is 11.3 Å². The van der Waals surface area contributed by atoms with E-state index in [0.29, 0.717) is 12.6 Å². The average molecular weight is 282 g/mol. The molecule has 2 fully saturated rings. The highest BCUT2D eigenvalue weighted by atomic mass is 16.3. The number of hydrogen-bond donors (Lipinski definition) is 3. The molecule has 0 spiro atoms. The van der Waals surface area contributed by atoms with Crippen molar-refractivity contribution in [3.63, 3.8) is 0 Å². The summed E-state index contributed by atoms with van der Waals surface area (Å²) in [7, 11) is 0.